The summed E-state index contributed by atoms with van der Waals surface area (Å²) in [5.41, 5.74) is 4.39. The zero-order valence-corrected chi connectivity index (χ0v) is 25.3. The minimum Gasteiger partial charge on any atom is -0.465 e. The molecule has 222 valence electrons. The van der Waals surface area contributed by atoms with E-state index in [0.29, 0.717) is 45.9 Å². The lowest BCUT2D eigenvalue weighted by molar-refractivity contribution is -0.110. The number of fused-ring (bicyclic) bond motifs is 1. The molecule has 0 atom stereocenters. The van der Waals surface area contributed by atoms with Crippen LogP contribution in [0, 0.1) is 13.8 Å². The lowest BCUT2D eigenvalue weighted by atomic mass is 10.0. The Balaban J connectivity index is 1.60. The molecule has 42 heavy (non-hydrogen) atoms. The van der Waals surface area contributed by atoms with Gasteiger partial charge in [-0.15, -0.1) is 0 Å². The largest absolute Gasteiger partial charge is 0.465 e. The summed E-state index contributed by atoms with van der Waals surface area (Å²) in [6, 6.07) is 10.8. The normalized spacial score (nSPS) is 13.8. The number of hydrogen-bond donors (Lipinski definition) is 3. The maximum absolute atomic E-state index is 13.3. The number of ether oxygens (including phenoxy) is 1. The molecule has 2 heterocycles. The van der Waals surface area contributed by atoms with Gasteiger partial charge in [-0.1, -0.05) is 26.0 Å². The number of nitrogens with zero attached hydrogens (tertiary/aromatic N) is 1. The number of esters is 1. The fourth-order valence-corrected chi connectivity index (χ4v) is 6.43. The van der Waals surface area contributed by atoms with E-state index in [0.717, 1.165) is 19.6 Å². The van der Waals surface area contributed by atoms with Gasteiger partial charge in [0.15, 0.2) is 9.84 Å². The van der Waals surface area contributed by atoms with Gasteiger partial charge in [-0.25, -0.2) is 13.2 Å². The van der Waals surface area contributed by atoms with Crippen LogP contribution in [0.2, 0.25) is 0 Å². The number of rotatable bonds is 11. The van der Waals surface area contributed by atoms with Crippen molar-refractivity contribution in [2.75, 3.05) is 38.6 Å². The van der Waals surface area contributed by atoms with E-state index in [9.17, 15) is 22.8 Å². The van der Waals surface area contributed by atoms with Crippen LogP contribution < -0.4 is 10.6 Å². The molecule has 0 fully saturated rings. The van der Waals surface area contributed by atoms with E-state index in [1.807, 2.05) is 6.92 Å². The van der Waals surface area contributed by atoms with E-state index in [2.05, 4.69) is 34.4 Å². The quantitative estimate of drug-likeness (QED) is 0.226. The van der Waals surface area contributed by atoms with Crippen LogP contribution in [-0.4, -0.2) is 69.4 Å². The summed E-state index contributed by atoms with van der Waals surface area (Å²) in [7, 11) is -2.56. The third-order valence-corrected chi connectivity index (χ3v) is 9.12. The Labute approximate surface area is 246 Å². The van der Waals surface area contributed by atoms with Gasteiger partial charge in [0.05, 0.1) is 34.5 Å². The third kappa shape index (κ3) is 6.47. The Kier molecular flexibility index (Phi) is 9.33. The molecule has 0 saturated carbocycles. The maximum atomic E-state index is 13.3. The van der Waals surface area contributed by atoms with Crippen LogP contribution in [0.3, 0.4) is 0 Å². The predicted molar refractivity (Wildman–Crippen MR) is 162 cm³/mol. The second kappa shape index (κ2) is 12.7. The predicted octanol–water partition coefficient (Wildman–Crippen LogP) is 3.96. The molecule has 0 aliphatic carbocycles. The lowest BCUT2D eigenvalue weighted by Crippen LogP contribution is -2.35. The van der Waals surface area contributed by atoms with E-state index >= 15 is 0 Å². The Hall–Kier alpha value is -4.22. The number of carbonyl (C=O) groups excluding carboxylic acids is 3. The number of amides is 2. The lowest BCUT2D eigenvalue weighted by Gasteiger charge is -2.18. The second-order valence-electron chi connectivity index (χ2n) is 10.1. The smallest absolute Gasteiger partial charge is 0.337 e. The van der Waals surface area contributed by atoms with Gasteiger partial charge in [-0.2, -0.15) is 0 Å². The van der Waals surface area contributed by atoms with Crippen LogP contribution >= 0.6 is 0 Å². The van der Waals surface area contributed by atoms with Gasteiger partial charge in [0, 0.05) is 35.7 Å². The molecule has 0 unspecified atom stereocenters. The van der Waals surface area contributed by atoms with Crippen LogP contribution in [0.15, 0.2) is 47.4 Å². The van der Waals surface area contributed by atoms with E-state index in [1.165, 1.54) is 25.3 Å². The first-order chi connectivity index (χ1) is 20.0. The molecule has 0 bridgehead atoms. The number of sulfone groups is 1. The molecule has 1 aliphatic rings. The molecule has 0 spiro atoms. The molecule has 11 heteroatoms. The van der Waals surface area contributed by atoms with Gasteiger partial charge in [0.1, 0.15) is 0 Å². The fourth-order valence-electron chi connectivity index (χ4n) is 5.07. The first kappa shape index (κ1) is 30.7. The minimum atomic E-state index is -3.82. The number of hydrogen-bond acceptors (Lipinski definition) is 7. The summed E-state index contributed by atoms with van der Waals surface area (Å²) in [6.07, 6.45) is 1.65. The second-order valence-corrected chi connectivity index (χ2v) is 12.1. The van der Waals surface area contributed by atoms with E-state index in [4.69, 9.17) is 4.74 Å². The van der Waals surface area contributed by atoms with Crippen molar-refractivity contribution in [1.29, 1.82) is 0 Å². The van der Waals surface area contributed by atoms with Gasteiger partial charge >= 0.3 is 5.97 Å². The van der Waals surface area contributed by atoms with Crippen molar-refractivity contribution >= 4 is 45.0 Å². The van der Waals surface area contributed by atoms with Crippen molar-refractivity contribution < 1.29 is 27.5 Å². The number of anilines is 1. The number of benzene rings is 2. The molecule has 4 rings (SSSR count). The third-order valence-electron chi connectivity index (χ3n) is 7.44. The average molecular weight is 593 g/mol. The number of aromatic nitrogens is 1. The highest BCUT2D eigenvalue weighted by Crippen LogP contribution is 2.36. The summed E-state index contributed by atoms with van der Waals surface area (Å²) < 4.78 is 31.4. The number of aryl methyl sites for hydroxylation is 1. The van der Waals surface area contributed by atoms with Crippen molar-refractivity contribution in [2.24, 2.45) is 0 Å². The molecule has 2 aromatic carbocycles. The van der Waals surface area contributed by atoms with Crippen LogP contribution in [0.5, 0.6) is 0 Å². The standard InChI is InChI=1S/C31H36N4O6S/c1-6-35(7-2)14-13-32-30(37)28-19(3)27(33-20(28)4)17-25-24-16-23(11-12-26(24)34-29(25)36)42(39,40)18-21-9-8-10-22(15-21)31(38)41-5/h8-12,15-17,33H,6-7,13-14,18H2,1-5H3,(H,32,37)(H,34,36). The summed E-state index contributed by atoms with van der Waals surface area (Å²) in [6.45, 7) is 10.8. The summed E-state index contributed by atoms with van der Waals surface area (Å²) in [5.74, 6) is -1.46. The van der Waals surface area contributed by atoms with Crippen LogP contribution in [-0.2, 0) is 25.1 Å². The number of carbonyl (C=O) groups is 3. The van der Waals surface area contributed by atoms with Crippen molar-refractivity contribution in [2.45, 2.75) is 38.3 Å². The Morgan fingerprint density at radius 3 is 2.50 bits per heavy atom. The van der Waals surface area contributed by atoms with Crippen molar-refractivity contribution in [3.8, 4) is 0 Å². The van der Waals surface area contributed by atoms with Crippen LogP contribution in [0.4, 0.5) is 5.69 Å². The first-order valence-electron chi connectivity index (χ1n) is 13.8. The van der Waals surface area contributed by atoms with Gasteiger partial charge in [0.25, 0.3) is 11.8 Å². The molecule has 2 amide bonds. The van der Waals surface area contributed by atoms with Crippen molar-refractivity contribution in [1.82, 2.24) is 15.2 Å². The summed E-state index contributed by atoms with van der Waals surface area (Å²) in [4.78, 5) is 43.3. The van der Waals surface area contributed by atoms with Gasteiger partial charge < -0.3 is 25.3 Å². The van der Waals surface area contributed by atoms with Gasteiger partial charge in [-0.05, 0) is 74.5 Å². The molecule has 0 saturated heterocycles. The molecule has 0 radical (unpaired) electrons. The first-order valence-corrected chi connectivity index (χ1v) is 15.4. The van der Waals surface area contributed by atoms with Crippen LogP contribution in [0.25, 0.3) is 11.6 Å². The summed E-state index contributed by atoms with van der Waals surface area (Å²) in [5, 5.41) is 5.76. The molecule has 3 N–H and O–H groups in total. The van der Waals surface area contributed by atoms with Crippen LogP contribution in [0.1, 0.15) is 62.6 Å². The highest BCUT2D eigenvalue weighted by molar-refractivity contribution is 7.90. The highest BCUT2D eigenvalue weighted by Gasteiger charge is 2.28. The maximum Gasteiger partial charge on any atom is 0.337 e. The van der Waals surface area contributed by atoms with Crippen molar-refractivity contribution in [3.05, 3.63) is 81.7 Å². The SMILES string of the molecule is CCN(CC)CCNC(=O)c1c(C)[nH]c(C=C2C(=O)Nc3ccc(S(=O)(=O)Cc4cccc(C(=O)OC)c4)cc32)c1C. The number of nitrogens with one attached hydrogen (secondary N) is 3. The van der Waals surface area contributed by atoms with E-state index in [-0.39, 0.29) is 33.6 Å². The number of H-pyrrole nitrogens is 1. The highest BCUT2D eigenvalue weighted by atomic mass is 32.2. The summed E-state index contributed by atoms with van der Waals surface area (Å²) >= 11 is 0. The average Bonchev–Trinajstić information content (AvgIpc) is 3.43. The van der Waals surface area contributed by atoms with E-state index < -0.39 is 15.8 Å². The van der Waals surface area contributed by atoms with Crippen molar-refractivity contribution in [3.63, 3.8) is 0 Å². The fraction of sp³-hybridized carbons (Fsp3) is 0.323. The van der Waals surface area contributed by atoms with E-state index in [1.54, 1.807) is 37.3 Å². The molecule has 3 aromatic rings. The minimum absolute atomic E-state index is 0.0415. The molecule has 1 aliphatic heterocycles. The molecular formula is C31H36N4O6S. The zero-order valence-electron chi connectivity index (χ0n) is 24.5. The number of methoxy groups -OCH3 is 1. The molecular weight excluding hydrogens is 556 g/mol. The Morgan fingerprint density at radius 1 is 1.07 bits per heavy atom. The Bertz CT molecular complexity index is 1670. The molecule has 1 aromatic heterocycles. The number of likely N-dealkylation sites (N-methyl/N-ethyl adjacent to an activating group) is 1. The molecule has 10 nitrogen and oxygen atoms in total. The zero-order chi connectivity index (χ0) is 30.6. The Morgan fingerprint density at radius 2 is 1.81 bits per heavy atom. The van der Waals surface area contributed by atoms with Gasteiger partial charge in [0.2, 0.25) is 0 Å². The number of aromatic amines is 1. The van der Waals surface area contributed by atoms with Gasteiger partial charge in [-0.3, -0.25) is 9.59 Å². The topological polar surface area (TPSA) is 138 Å². The monoisotopic (exact) mass is 592 g/mol.